The van der Waals surface area contributed by atoms with Crippen LogP contribution in [0.25, 0.3) is 0 Å². The van der Waals surface area contributed by atoms with Gasteiger partial charge in [-0.15, -0.1) is 23.2 Å². The third-order valence-corrected chi connectivity index (χ3v) is 4.24. The molecule has 1 saturated heterocycles. The van der Waals surface area contributed by atoms with E-state index in [0.29, 0.717) is 17.8 Å². The van der Waals surface area contributed by atoms with E-state index < -0.39 is 5.41 Å². The molecule has 13 heavy (non-hydrogen) atoms. The van der Waals surface area contributed by atoms with E-state index in [1.807, 2.05) is 4.90 Å². The van der Waals surface area contributed by atoms with Crippen molar-refractivity contribution in [2.75, 3.05) is 18.3 Å². The Kier molecular flexibility index (Phi) is 2.45. The number of amides is 1. The monoisotopic (exact) mass is 221 g/mol. The molecule has 1 amide bonds. The largest absolute Gasteiger partial charge is 0.338 e. The van der Waals surface area contributed by atoms with Gasteiger partial charge in [0.15, 0.2) is 0 Å². The van der Waals surface area contributed by atoms with E-state index in [1.165, 1.54) is 6.42 Å². The molecule has 4 heteroatoms. The zero-order valence-electron chi connectivity index (χ0n) is 7.43. The van der Waals surface area contributed by atoms with Crippen molar-refractivity contribution in [3.05, 3.63) is 0 Å². The SMILES string of the molecule is O=C1N(C2CCC2)CC1(CCl)CCl. The molecule has 0 aromatic heterocycles. The first-order valence-corrected chi connectivity index (χ1v) is 5.73. The molecule has 74 valence electrons. The van der Waals surface area contributed by atoms with Gasteiger partial charge in [0.2, 0.25) is 5.91 Å². The maximum Gasteiger partial charge on any atom is 0.233 e. The van der Waals surface area contributed by atoms with Gasteiger partial charge in [0, 0.05) is 24.3 Å². The molecule has 1 heterocycles. The standard InChI is InChI=1S/C9H13Cl2NO/c10-4-9(5-11)6-12(8(9)13)7-2-1-3-7/h7H,1-6H2. The van der Waals surface area contributed by atoms with E-state index in [1.54, 1.807) is 0 Å². The summed E-state index contributed by atoms with van der Waals surface area (Å²) in [4.78, 5) is 13.7. The molecule has 2 nitrogen and oxygen atoms in total. The van der Waals surface area contributed by atoms with Gasteiger partial charge in [-0.25, -0.2) is 0 Å². The maximum absolute atomic E-state index is 11.7. The van der Waals surface area contributed by atoms with Gasteiger partial charge in [-0.05, 0) is 19.3 Å². The average Bonchev–Trinajstić information content (AvgIpc) is 2.08. The molecule has 1 aliphatic heterocycles. The van der Waals surface area contributed by atoms with Crippen LogP contribution in [-0.4, -0.2) is 35.2 Å². The van der Waals surface area contributed by atoms with E-state index in [0.717, 1.165) is 19.4 Å². The number of rotatable bonds is 3. The lowest BCUT2D eigenvalue weighted by Gasteiger charge is -2.53. The summed E-state index contributed by atoms with van der Waals surface area (Å²) in [6, 6.07) is 0.493. The van der Waals surface area contributed by atoms with Gasteiger partial charge in [-0.2, -0.15) is 0 Å². The topological polar surface area (TPSA) is 20.3 Å². The van der Waals surface area contributed by atoms with E-state index >= 15 is 0 Å². The lowest BCUT2D eigenvalue weighted by Crippen LogP contribution is -2.67. The number of nitrogens with zero attached hydrogens (tertiary/aromatic N) is 1. The first-order chi connectivity index (χ1) is 6.23. The second-order valence-electron chi connectivity index (χ2n) is 4.07. The highest BCUT2D eigenvalue weighted by Gasteiger charge is 2.53. The number of alkyl halides is 2. The number of halogens is 2. The van der Waals surface area contributed by atoms with E-state index in [-0.39, 0.29) is 5.91 Å². The molecule has 0 radical (unpaired) electrons. The number of carbonyl (C=O) groups is 1. The van der Waals surface area contributed by atoms with Gasteiger partial charge >= 0.3 is 0 Å². The molecule has 0 spiro atoms. The van der Waals surface area contributed by atoms with Crippen LogP contribution in [0.3, 0.4) is 0 Å². The summed E-state index contributed by atoms with van der Waals surface area (Å²) in [7, 11) is 0. The summed E-state index contributed by atoms with van der Waals surface area (Å²) in [6.45, 7) is 0.767. The van der Waals surface area contributed by atoms with Crippen molar-refractivity contribution in [3.8, 4) is 0 Å². The van der Waals surface area contributed by atoms with E-state index in [4.69, 9.17) is 23.2 Å². The molecule has 0 N–H and O–H groups in total. The number of likely N-dealkylation sites (tertiary alicyclic amines) is 1. The van der Waals surface area contributed by atoms with Crippen LogP contribution in [0, 0.1) is 5.41 Å². The van der Waals surface area contributed by atoms with Crippen molar-refractivity contribution < 1.29 is 4.79 Å². The normalized spacial score (nSPS) is 26.9. The van der Waals surface area contributed by atoms with E-state index in [9.17, 15) is 4.79 Å². The van der Waals surface area contributed by atoms with Crippen LogP contribution >= 0.6 is 23.2 Å². The molecule has 0 atom stereocenters. The van der Waals surface area contributed by atoms with Crippen LogP contribution in [0.4, 0.5) is 0 Å². The summed E-state index contributed by atoms with van der Waals surface area (Å²) in [5.41, 5.74) is -0.432. The Morgan fingerprint density at radius 2 is 2.00 bits per heavy atom. The van der Waals surface area contributed by atoms with Crippen LogP contribution < -0.4 is 0 Å². The van der Waals surface area contributed by atoms with Gasteiger partial charge in [0.05, 0.1) is 5.41 Å². The number of β-lactam (4-membered cyclic amide) rings is 1. The smallest absolute Gasteiger partial charge is 0.233 e. The van der Waals surface area contributed by atoms with E-state index in [2.05, 4.69) is 0 Å². The Morgan fingerprint density at radius 3 is 2.31 bits per heavy atom. The Morgan fingerprint density at radius 1 is 1.38 bits per heavy atom. The molecule has 0 bridgehead atoms. The molecular weight excluding hydrogens is 209 g/mol. The van der Waals surface area contributed by atoms with Crippen molar-refractivity contribution in [3.63, 3.8) is 0 Å². The number of hydrogen-bond donors (Lipinski definition) is 0. The summed E-state index contributed by atoms with van der Waals surface area (Å²) >= 11 is 11.5. The zero-order chi connectivity index (χ0) is 9.47. The van der Waals surface area contributed by atoms with Gasteiger partial charge in [0.25, 0.3) is 0 Å². The Bertz CT molecular complexity index is 224. The molecule has 0 aromatic carbocycles. The van der Waals surface area contributed by atoms with Crippen LogP contribution in [0.15, 0.2) is 0 Å². The highest BCUT2D eigenvalue weighted by molar-refractivity contribution is 6.24. The summed E-state index contributed by atoms with van der Waals surface area (Å²) in [5.74, 6) is 0.888. The van der Waals surface area contributed by atoms with Crippen LogP contribution in [0.5, 0.6) is 0 Å². The highest BCUT2D eigenvalue weighted by Crippen LogP contribution is 2.40. The Labute approximate surface area is 88.2 Å². The minimum Gasteiger partial charge on any atom is -0.338 e. The Balaban J connectivity index is 1.97. The van der Waals surface area contributed by atoms with Crippen molar-refractivity contribution >= 4 is 29.1 Å². The second kappa shape index (κ2) is 3.32. The zero-order valence-corrected chi connectivity index (χ0v) is 8.94. The third-order valence-electron chi connectivity index (χ3n) is 3.21. The molecule has 1 aliphatic carbocycles. The average molecular weight is 222 g/mol. The summed E-state index contributed by atoms with van der Waals surface area (Å²) in [6.07, 6.45) is 3.57. The summed E-state index contributed by atoms with van der Waals surface area (Å²) < 4.78 is 0. The predicted octanol–water partition coefficient (Wildman–Crippen LogP) is 1.85. The molecule has 2 aliphatic rings. The lowest BCUT2D eigenvalue weighted by molar-refractivity contribution is -0.162. The summed E-state index contributed by atoms with van der Waals surface area (Å²) in [5, 5.41) is 0. The minimum absolute atomic E-state index is 0.169. The predicted molar refractivity (Wildman–Crippen MR) is 53.2 cm³/mol. The number of carbonyl (C=O) groups excluding carboxylic acids is 1. The third kappa shape index (κ3) is 1.26. The van der Waals surface area contributed by atoms with Gasteiger partial charge in [-0.3, -0.25) is 4.79 Å². The molecule has 0 aromatic rings. The quantitative estimate of drug-likeness (QED) is 0.527. The van der Waals surface area contributed by atoms with Crippen molar-refractivity contribution in [2.45, 2.75) is 25.3 Å². The minimum atomic E-state index is -0.432. The van der Waals surface area contributed by atoms with Crippen LogP contribution in [-0.2, 0) is 4.79 Å². The fourth-order valence-corrected chi connectivity index (χ4v) is 2.59. The molecule has 2 rings (SSSR count). The molecule has 0 unspecified atom stereocenters. The van der Waals surface area contributed by atoms with Crippen molar-refractivity contribution in [2.24, 2.45) is 5.41 Å². The fourth-order valence-electron chi connectivity index (χ4n) is 1.91. The number of hydrogen-bond acceptors (Lipinski definition) is 1. The lowest BCUT2D eigenvalue weighted by atomic mass is 9.78. The van der Waals surface area contributed by atoms with Crippen molar-refractivity contribution in [1.29, 1.82) is 0 Å². The maximum atomic E-state index is 11.7. The van der Waals surface area contributed by atoms with Crippen LogP contribution in [0.2, 0.25) is 0 Å². The fraction of sp³-hybridized carbons (Fsp3) is 0.889. The second-order valence-corrected chi connectivity index (χ2v) is 4.60. The first-order valence-electron chi connectivity index (χ1n) is 4.66. The van der Waals surface area contributed by atoms with Crippen molar-refractivity contribution in [1.82, 2.24) is 4.90 Å². The van der Waals surface area contributed by atoms with Gasteiger partial charge < -0.3 is 4.90 Å². The molecule has 2 fully saturated rings. The van der Waals surface area contributed by atoms with Crippen LogP contribution in [0.1, 0.15) is 19.3 Å². The molecule has 1 saturated carbocycles. The first kappa shape index (κ1) is 9.60. The van der Waals surface area contributed by atoms with Gasteiger partial charge in [0.1, 0.15) is 0 Å². The molecular formula is C9H13Cl2NO. The van der Waals surface area contributed by atoms with Gasteiger partial charge in [-0.1, -0.05) is 0 Å². The highest BCUT2D eigenvalue weighted by atomic mass is 35.5. The Hall–Kier alpha value is 0.0500.